The number of alkyl halides is 3. The van der Waals surface area contributed by atoms with E-state index in [1.54, 1.807) is 18.1 Å². The summed E-state index contributed by atoms with van der Waals surface area (Å²) in [4.78, 5) is 0. The van der Waals surface area contributed by atoms with Gasteiger partial charge in [-0.25, -0.2) is 0 Å². The zero-order valence-corrected chi connectivity index (χ0v) is 11.8. The van der Waals surface area contributed by atoms with Crippen LogP contribution in [0.2, 0.25) is 0 Å². The summed E-state index contributed by atoms with van der Waals surface area (Å²) in [5.41, 5.74) is -0.297. The summed E-state index contributed by atoms with van der Waals surface area (Å²) < 4.78 is 37.9. The Kier molecular flexibility index (Phi) is 4.88. The molecule has 0 aromatic heterocycles. The third-order valence-corrected chi connectivity index (χ3v) is 3.78. The molecule has 1 N–H and O–H groups in total. The molecule has 0 heterocycles. The zero-order valence-electron chi connectivity index (χ0n) is 11.8. The van der Waals surface area contributed by atoms with E-state index in [1.807, 2.05) is 0 Å². The lowest BCUT2D eigenvalue weighted by Crippen LogP contribution is -2.40. The van der Waals surface area contributed by atoms with E-state index in [-0.39, 0.29) is 6.04 Å². The number of hydrazone groups is 1. The first-order valence-corrected chi connectivity index (χ1v) is 7.00. The number of hydrogen-bond acceptors (Lipinski definition) is 3. The van der Waals surface area contributed by atoms with Gasteiger partial charge < -0.3 is 5.11 Å². The highest BCUT2D eigenvalue weighted by atomic mass is 19.4. The predicted molar refractivity (Wildman–Crippen MR) is 75.1 cm³/mol. The van der Waals surface area contributed by atoms with E-state index in [2.05, 4.69) is 5.10 Å². The Bertz CT molecular complexity index is 502. The van der Waals surface area contributed by atoms with Gasteiger partial charge in [0.2, 0.25) is 0 Å². The van der Waals surface area contributed by atoms with Gasteiger partial charge in [0.05, 0.1) is 23.9 Å². The molecule has 0 amide bonds. The third-order valence-electron chi connectivity index (χ3n) is 3.78. The lowest BCUT2D eigenvalue weighted by Gasteiger charge is -2.33. The molecule has 1 aromatic carbocycles. The molecule has 0 unspecified atom stereocenters. The van der Waals surface area contributed by atoms with Crippen molar-refractivity contribution in [2.75, 3.05) is 7.05 Å². The molecule has 2 rings (SSSR count). The van der Waals surface area contributed by atoms with Crippen LogP contribution in [0.3, 0.4) is 0 Å². The molecule has 1 aromatic rings. The van der Waals surface area contributed by atoms with Crippen LogP contribution in [0.5, 0.6) is 0 Å². The number of benzene rings is 1. The lowest BCUT2D eigenvalue weighted by molar-refractivity contribution is -0.137. The molecular weight excluding hydrogens is 281 g/mol. The maximum Gasteiger partial charge on any atom is 0.416 e. The fraction of sp³-hybridized carbons (Fsp3) is 0.533. The Balaban J connectivity index is 2.06. The number of halogens is 3. The summed E-state index contributed by atoms with van der Waals surface area (Å²) in [6, 6.07) is 4.96. The molecule has 0 radical (unpaired) electrons. The quantitative estimate of drug-likeness (QED) is 0.687. The second-order valence-corrected chi connectivity index (χ2v) is 5.36. The SMILES string of the molecule is CN(/N=C/c1cccc(C(F)(F)F)c1)[C@H]1CCCC[C@@H]1O. The van der Waals surface area contributed by atoms with Gasteiger partial charge in [0, 0.05) is 7.05 Å². The van der Waals surface area contributed by atoms with Crippen LogP contribution in [-0.2, 0) is 6.18 Å². The molecule has 116 valence electrons. The summed E-state index contributed by atoms with van der Waals surface area (Å²) in [7, 11) is 1.74. The second kappa shape index (κ2) is 6.47. The van der Waals surface area contributed by atoms with E-state index in [4.69, 9.17) is 0 Å². The number of rotatable bonds is 3. The van der Waals surface area contributed by atoms with E-state index >= 15 is 0 Å². The smallest absolute Gasteiger partial charge is 0.391 e. The van der Waals surface area contributed by atoms with Gasteiger partial charge in [-0.05, 0) is 30.5 Å². The molecule has 1 aliphatic carbocycles. The normalized spacial score (nSPS) is 23.5. The molecule has 3 nitrogen and oxygen atoms in total. The average Bonchev–Trinajstić information content (AvgIpc) is 2.45. The van der Waals surface area contributed by atoms with Gasteiger partial charge >= 0.3 is 6.18 Å². The first-order valence-electron chi connectivity index (χ1n) is 7.00. The van der Waals surface area contributed by atoms with E-state index in [0.717, 1.165) is 37.8 Å². The fourth-order valence-corrected chi connectivity index (χ4v) is 2.57. The standard InChI is InChI=1S/C15H19F3N2O/c1-20(13-7-2-3-8-14(13)21)19-10-11-5-4-6-12(9-11)15(16,17)18/h4-6,9-10,13-14,21H,2-3,7-8H2,1H3/b19-10+/t13-,14-/m0/s1. The lowest BCUT2D eigenvalue weighted by atomic mass is 9.92. The minimum atomic E-state index is -4.35. The van der Waals surface area contributed by atoms with Gasteiger partial charge in [0.15, 0.2) is 0 Å². The van der Waals surface area contributed by atoms with Crippen molar-refractivity contribution < 1.29 is 18.3 Å². The van der Waals surface area contributed by atoms with E-state index in [1.165, 1.54) is 12.3 Å². The minimum Gasteiger partial charge on any atom is -0.391 e. The van der Waals surface area contributed by atoms with Crippen LogP contribution in [0.25, 0.3) is 0 Å². The van der Waals surface area contributed by atoms with Crippen molar-refractivity contribution in [1.29, 1.82) is 0 Å². The fourth-order valence-electron chi connectivity index (χ4n) is 2.57. The van der Waals surface area contributed by atoms with Gasteiger partial charge in [-0.15, -0.1) is 0 Å². The molecule has 1 fully saturated rings. The van der Waals surface area contributed by atoms with Crippen molar-refractivity contribution in [2.45, 2.75) is 44.0 Å². The molecule has 6 heteroatoms. The van der Waals surface area contributed by atoms with Crippen LogP contribution in [0, 0.1) is 0 Å². The summed E-state index contributed by atoms with van der Waals surface area (Å²) >= 11 is 0. The summed E-state index contributed by atoms with van der Waals surface area (Å²) in [5.74, 6) is 0. The first-order chi connectivity index (χ1) is 9.88. The molecule has 1 aliphatic rings. The number of aliphatic hydroxyl groups is 1. The number of aliphatic hydroxyl groups excluding tert-OH is 1. The van der Waals surface area contributed by atoms with Crippen molar-refractivity contribution in [3.8, 4) is 0 Å². The van der Waals surface area contributed by atoms with Crippen LogP contribution in [-0.4, -0.2) is 35.5 Å². The van der Waals surface area contributed by atoms with Gasteiger partial charge in [-0.2, -0.15) is 18.3 Å². The monoisotopic (exact) mass is 300 g/mol. The molecule has 1 saturated carbocycles. The van der Waals surface area contributed by atoms with Crippen LogP contribution in [0.15, 0.2) is 29.4 Å². The largest absolute Gasteiger partial charge is 0.416 e. The summed E-state index contributed by atoms with van der Waals surface area (Å²) in [5, 5.41) is 15.7. The van der Waals surface area contributed by atoms with Gasteiger partial charge in [0.1, 0.15) is 0 Å². The molecule has 2 atom stereocenters. The number of hydrogen-bond donors (Lipinski definition) is 1. The maximum absolute atomic E-state index is 12.6. The van der Waals surface area contributed by atoms with E-state index in [0.29, 0.717) is 5.56 Å². The topological polar surface area (TPSA) is 35.8 Å². The van der Waals surface area contributed by atoms with Crippen LogP contribution in [0.1, 0.15) is 36.8 Å². The summed E-state index contributed by atoms with van der Waals surface area (Å²) in [6.07, 6.45) is 0.244. The van der Waals surface area contributed by atoms with E-state index in [9.17, 15) is 18.3 Å². The third kappa shape index (κ3) is 4.20. The van der Waals surface area contributed by atoms with Gasteiger partial charge in [-0.1, -0.05) is 25.0 Å². The van der Waals surface area contributed by atoms with Crippen LogP contribution in [0.4, 0.5) is 13.2 Å². The van der Waals surface area contributed by atoms with Crippen molar-refractivity contribution in [3.05, 3.63) is 35.4 Å². The molecule has 0 bridgehead atoms. The molecule has 0 saturated heterocycles. The predicted octanol–water partition coefficient (Wildman–Crippen LogP) is 3.27. The molecule has 0 spiro atoms. The Morgan fingerprint density at radius 1 is 1.29 bits per heavy atom. The Labute approximate surface area is 122 Å². The average molecular weight is 300 g/mol. The first kappa shape index (κ1) is 15.8. The van der Waals surface area contributed by atoms with E-state index < -0.39 is 17.8 Å². The Morgan fingerprint density at radius 3 is 2.67 bits per heavy atom. The Hall–Kier alpha value is -1.56. The van der Waals surface area contributed by atoms with Crippen molar-refractivity contribution >= 4 is 6.21 Å². The molecular formula is C15H19F3N2O. The minimum absolute atomic E-state index is 0.0687. The Morgan fingerprint density at radius 2 is 2.00 bits per heavy atom. The van der Waals surface area contributed by atoms with Crippen LogP contribution < -0.4 is 0 Å². The highest BCUT2D eigenvalue weighted by molar-refractivity contribution is 5.79. The van der Waals surface area contributed by atoms with Crippen molar-refractivity contribution in [1.82, 2.24) is 5.01 Å². The zero-order chi connectivity index (χ0) is 15.5. The second-order valence-electron chi connectivity index (χ2n) is 5.36. The van der Waals surface area contributed by atoms with Crippen LogP contribution >= 0.6 is 0 Å². The maximum atomic E-state index is 12.6. The number of nitrogens with zero attached hydrogens (tertiary/aromatic N) is 2. The highest BCUT2D eigenvalue weighted by Gasteiger charge is 2.30. The highest BCUT2D eigenvalue weighted by Crippen LogP contribution is 2.29. The van der Waals surface area contributed by atoms with Crippen molar-refractivity contribution in [2.24, 2.45) is 5.10 Å². The van der Waals surface area contributed by atoms with Crippen molar-refractivity contribution in [3.63, 3.8) is 0 Å². The molecule has 21 heavy (non-hydrogen) atoms. The number of likely N-dealkylation sites (N-methyl/N-ethyl adjacent to an activating group) is 1. The van der Waals surface area contributed by atoms with Gasteiger partial charge in [-0.3, -0.25) is 5.01 Å². The summed E-state index contributed by atoms with van der Waals surface area (Å²) in [6.45, 7) is 0. The molecule has 0 aliphatic heterocycles. The van der Waals surface area contributed by atoms with Gasteiger partial charge in [0.25, 0.3) is 0 Å².